The number of rotatable bonds is 4. The summed E-state index contributed by atoms with van der Waals surface area (Å²) in [6, 6.07) is 9.37. The summed E-state index contributed by atoms with van der Waals surface area (Å²) in [5, 5.41) is 2.71. The summed E-state index contributed by atoms with van der Waals surface area (Å²) >= 11 is 0. The van der Waals surface area contributed by atoms with Crippen LogP contribution in [-0.4, -0.2) is 15.5 Å². The number of fused-ring (bicyclic) bond motifs is 1. The fourth-order valence-corrected chi connectivity index (χ4v) is 3.28. The molecular weight excluding hydrogens is 395 g/mol. The Kier molecular flexibility index (Phi) is 5.70. The first-order valence-corrected chi connectivity index (χ1v) is 9.43. The lowest BCUT2D eigenvalue weighted by molar-refractivity contribution is -0.142. The zero-order valence-electron chi connectivity index (χ0n) is 17.1. The molecule has 0 aliphatic carbocycles. The number of aryl methyl sites for hydroxylation is 3. The summed E-state index contributed by atoms with van der Waals surface area (Å²) in [5.74, 6) is -0.556. The summed E-state index contributed by atoms with van der Waals surface area (Å²) < 4.78 is 41.2. The topological polar surface area (TPSA) is 64.0 Å². The zero-order valence-corrected chi connectivity index (χ0v) is 17.1. The van der Waals surface area contributed by atoms with Crippen molar-refractivity contribution in [1.82, 2.24) is 14.9 Å². The molecule has 30 heavy (non-hydrogen) atoms. The van der Waals surface area contributed by atoms with E-state index >= 15 is 0 Å². The number of amides is 1. The molecule has 0 bridgehead atoms. The third-order valence-corrected chi connectivity index (χ3v) is 5.25. The molecule has 8 heteroatoms. The van der Waals surface area contributed by atoms with Crippen molar-refractivity contribution in [2.24, 2.45) is 0 Å². The second-order valence-corrected chi connectivity index (χ2v) is 7.38. The van der Waals surface area contributed by atoms with E-state index in [1.165, 1.54) is 13.0 Å². The zero-order chi connectivity index (χ0) is 22.2. The van der Waals surface area contributed by atoms with Crippen molar-refractivity contribution >= 4 is 16.9 Å². The van der Waals surface area contributed by atoms with Crippen LogP contribution in [0.1, 0.15) is 40.9 Å². The number of aromatic nitrogens is 2. The van der Waals surface area contributed by atoms with Gasteiger partial charge in [-0.2, -0.15) is 13.2 Å². The lowest BCUT2D eigenvalue weighted by atomic mass is 10.1. The van der Waals surface area contributed by atoms with Gasteiger partial charge in [-0.25, -0.2) is 4.98 Å². The molecule has 3 aromatic rings. The van der Waals surface area contributed by atoms with Gasteiger partial charge in [-0.05, 0) is 62.1 Å². The van der Waals surface area contributed by atoms with Crippen LogP contribution >= 0.6 is 0 Å². The molecule has 1 N–H and O–H groups in total. The lowest BCUT2D eigenvalue weighted by Crippen LogP contribution is -2.39. The molecule has 1 aromatic heterocycles. The number of hydrogen-bond donors (Lipinski definition) is 1. The van der Waals surface area contributed by atoms with E-state index in [2.05, 4.69) is 10.3 Å². The van der Waals surface area contributed by atoms with E-state index < -0.39 is 29.4 Å². The van der Waals surface area contributed by atoms with E-state index in [0.717, 1.165) is 26.8 Å². The predicted octanol–water partition coefficient (Wildman–Crippen LogP) is 4.22. The summed E-state index contributed by atoms with van der Waals surface area (Å²) in [6.45, 7) is 7.04. The minimum absolute atomic E-state index is 0.0172. The average Bonchev–Trinajstić information content (AvgIpc) is 2.67. The van der Waals surface area contributed by atoms with Gasteiger partial charge in [-0.3, -0.25) is 14.2 Å². The molecule has 1 unspecified atom stereocenters. The van der Waals surface area contributed by atoms with Gasteiger partial charge in [-0.1, -0.05) is 24.3 Å². The Morgan fingerprint density at radius 3 is 2.37 bits per heavy atom. The van der Waals surface area contributed by atoms with Crippen molar-refractivity contribution in [3.05, 3.63) is 74.7 Å². The molecule has 5 nitrogen and oxygen atoms in total. The van der Waals surface area contributed by atoms with Crippen molar-refractivity contribution in [2.75, 3.05) is 0 Å². The molecule has 1 amide bonds. The maximum atomic E-state index is 13.4. The Bertz CT molecular complexity index is 1180. The van der Waals surface area contributed by atoms with Crippen LogP contribution in [0.5, 0.6) is 0 Å². The maximum absolute atomic E-state index is 13.4. The number of nitrogens with zero attached hydrogens (tertiary/aromatic N) is 2. The highest BCUT2D eigenvalue weighted by atomic mass is 19.4. The average molecular weight is 417 g/mol. The molecular formula is C22H22F3N3O2. The van der Waals surface area contributed by atoms with Crippen LogP contribution in [0.15, 0.2) is 41.2 Å². The fraction of sp³-hybridized carbons (Fsp3) is 0.318. The van der Waals surface area contributed by atoms with Gasteiger partial charge in [0, 0.05) is 6.54 Å². The Morgan fingerprint density at radius 2 is 1.73 bits per heavy atom. The third-order valence-electron chi connectivity index (χ3n) is 5.25. The van der Waals surface area contributed by atoms with Crippen LogP contribution in [-0.2, 0) is 17.5 Å². The second-order valence-electron chi connectivity index (χ2n) is 7.38. The van der Waals surface area contributed by atoms with E-state index in [0.29, 0.717) is 0 Å². The van der Waals surface area contributed by atoms with Crippen LogP contribution in [0.2, 0.25) is 0 Å². The molecule has 0 fully saturated rings. The highest BCUT2D eigenvalue weighted by molar-refractivity contribution is 5.84. The van der Waals surface area contributed by atoms with Crippen molar-refractivity contribution < 1.29 is 18.0 Å². The molecule has 2 aromatic carbocycles. The molecule has 3 rings (SSSR count). The SMILES string of the molecule is Cc1cc2nc(C(F)(F)F)c(=O)n(C(C)C(=O)NCc3ccccc3C)c2cc1C. The largest absolute Gasteiger partial charge is 0.438 e. The number of benzene rings is 2. The van der Waals surface area contributed by atoms with Crippen LogP contribution in [0.3, 0.4) is 0 Å². The number of alkyl halides is 3. The monoisotopic (exact) mass is 417 g/mol. The van der Waals surface area contributed by atoms with Crippen molar-refractivity contribution in [2.45, 2.75) is 46.5 Å². The van der Waals surface area contributed by atoms with Gasteiger partial charge in [0.15, 0.2) is 0 Å². The smallest absolute Gasteiger partial charge is 0.350 e. The normalized spacial score (nSPS) is 12.8. The van der Waals surface area contributed by atoms with Crippen molar-refractivity contribution in [3.63, 3.8) is 0 Å². The third kappa shape index (κ3) is 4.08. The Hall–Kier alpha value is -3.16. The van der Waals surface area contributed by atoms with E-state index in [4.69, 9.17) is 0 Å². The lowest BCUT2D eigenvalue weighted by Gasteiger charge is -2.20. The molecule has 0 saturated carbocycles. The number of hydrogen-bond acceptors (Lipinski definition) is 3. The minimum Gasteiger partial charge on any atom is -0.350 e. The number of carbonyl (C=O) groups excluding carboxylic acids is 1. The van der Waals surface area contributed by atoms with Gasteiger partial charge in [0.25, 0.3) is 5.56 Å². The first kappa shape index (κ1) is 21.5. The molecule has 158 valence electrons. The number of nitrogens with one attached hydrogen (secondary N) is 1. The first-order chi connectivity index (χ1) is 14.0. The molecule has 1 atom stereocenters. The second kappa shape index (κ2) is 7.93. The number of halogens is 3. The highest BCUT2D eigenvalue weighted by Gasteiger charge is 2.38. The first-order valence-electron chi connectivity index (χ1n) is 9.43. The summed E-state index contributed by atoms with van der Waals surface area (Å²) in [7, 11) is 0. The van der Waals surface area contributed by atoms with E-state index in [1.807, 2.05) is 31.2 Å². The molecule has 1 heterocycles. The van der Waals surface area contributed by atoms with Crippen LogP contribution < -0.4 is 10.9 Å². The van der Waals surface area contributed by atoms with Gasteiger partial charge >= 0.3 is 6.18 Å². The molecule has 0 aliphatic heterocycles. The molecule has 0 radical (unpaired) electrons. The predicted molar refractivity (Wildman–Crippen MR) is 108 cm³/mol. The van der Waals surface area contributed by atoms with Crippen LogP contribution in [0.25, 0.3) is 11.0 Å². The van der Waals surface area contributed by atoms with Crippen molar-refractivity contribution in [3.8, 4) is 0 Å². The number of carbonyl (C=O) groups is 1. The molecule has 0 saturated heterocycles. The minimum atomic E-state index is -4.93. The standard InChI is InChI=1S/C22H22F3N3O2/c1-12-7-5-6-8-16(12)11-26-20(29)15(4)28-18-10-14(3)13(2)9-17(18)27-19(21(28)30)22(23,24)25/h5-10,15H,11H2,1-4H3,(H,26,29). The molecule has 0 spiro atoms. The summed E-state index contributed by atoms with van der Waals surface area (Å²) in [6.07, 6.45) is -4.93. The van der Waals surface area contributed by atoms with Gasteiger partial charge in [0.1, 0.15) is 6.04 Å². The Balaban J connectivity index is 2.07. The maximum Gasteiger partial charge on any atom is 0.438 e. The van der Waals surface area contributed by atoms with E-state index in [1.54, 1.807) is 19.9 Å². The van der Waals surface area contributed by atoms with Crippen LogP contribution in [0.4, 0.5) is 13.2 Å². The highest BCUT2D eigenvalue weighted by Crippen LogP contribution is 2.28. The summed E-state index contributed by atoms with van der Waals surface area (Å²) in [4.78, 5) is 29.0. The van der Waals surface area contributed by atoms with Gasteiger partial charge in [-0.15, -0.1) is 0 Å². The summed E-state index contributed by atoms with van der Waals surface area (Å²) in [5.41, 5.74) is 0.719. The van der Waals surface area contributed by atoms with E-state index in [-0.39, 0.29) is 17.6 Å². The van der Waals surface area contributed by atoms with Gasteiger partial charge in [0.05, 0.1) is 11.0 Å². The molecule has 0 aliphatic rings. The van der Waals surface area contributed by atoms with Crippen LogP contribution in [0, 0.1) is 20.8 Å². The fourth-order valence-electron chi connectivity index (χ4n) is 3.28. The quantitative estimate of drug-likeness (QED) is 0.692. The Morgan fingerprint density at radius 1 is 1.10 bits per heavy atom. The van der Waals surface area contributed by atoms with Gasteiger partial charge < -0.3 is 5.32 Å². The van der Waals surface area contributed by atoms with Crippen molar-refractivity contribution in [1.29, 1.82) is 0 Å². The van der Waals surface area contributed by atoms with Gasteiger partial charge in [0.2, 0.25) is 11.6 Å². The van der Waals surface area contributed by atoms with E-state index in [9.17, 15) is 22.8 Å². The Labute approximate surface area is 171 Å².